The predicted molar refractivity (Wildman–Crippen MR) is 137 cm³/mol. The van der Waals surface area contributed by atoms with Gasteiger partial charge in [-0.25, -0.2) is 0 Å². The van der Waals surface area contributed by atoms with Crippen molar-refractivity contribution in [2.75, 3.05) is 0 Å². The normalized spacial score (nSPS) is 12.4. The minimum absolute atomic E-state index is 0.345. The number of hydrogen-bond acceptors (Lipinski definition) is 3. The van der Waals surface area contributed by atoms with Gasteiger partial charge in [-0.3, -0.25) is 0 Å². The van der Waals surface area contributed by atoms with E-state index in [-0.39, 0.29) is 0 Å². The quantitative estimate of drug-likeness (QED) is 0.160. The molecule has 0 aliphatic heterocycles. The number of rotatable bonds is 18. The van der Waals surface area contributed by atoms with Gasteiger partial charge in [0.15, 0.2) is 0 Å². The van der Waals surface area contributed by atoms with Crippen molar-refractivity contribution in [3.63, 3.8) is 0 Å². The Morgan fingerprint density at radius 1 is 0.645 bits per heavy atom. The van der Waals surface area contributed by atoms with Crippen LogP contribution in [0.2, 0.25) is 18.1 Å². The molecule has 0 N–H and O–H groups in total. The summed E-state index contributed by atoms with van der Waals surface area (Å²) in [7, 11) is -6.12. The van der Waals surface area contributed by atoms with Crippen molar-refractivity contribution in [1.82, 2.24) is 0 Å². The fourth-order valence-corrected chi connectivity index (χ4v) is 11.8. The van der Waals surface area contributed by atoms with Crippen LogP contribution in [0.15, 0.2) is 23.1 Å². The molecule has 0 unspecified atom stereocenters. The van der Waals surface area contributed by atoms with E-state index in [4.69, 9.17) is 3.87 Å². The maximum atomic E-state index is 13.4. The van der Waals surface area contributed by atoms with Crippen LogP contribution >= 0.6 is 0 Å². The topological polar surface area (TPSA) is 43.4 Å². The second-order valence-electron chi connectivity index (χ2n) is 9.48. The van der Waals surface area contributed by atoms with Crippen LogP contribution in [0.1, 0.15) is 109 Å². The molecule has 0 atom stereocenters. The fraction of sp³-hybridized carbons (Fsp3) is 0.769. The van der Waals surface area contributed by atoms with Crippen molar-refractivity contribution in [2.45, 2.75) is 135 Å². The molecule has 1 rings (SSSR count). The van der Waals surface area contributed by atoms with Gasteiger partial charge in [0.2, 0.25) is 8.32 Å². The van der Waals surface area contributed by atoms with Crippen LogP contribution in [-0.4, -0.2) is 16.7 Å². The second-order valence-corrected chi connectivity index (χ2v) is 15.4. The van der Waals surface area contributed by atoms with E-state index in [9.17, 15) is 8.42 Å². The highest BCUT2D eigenvalue weighted by Gasteiger charge is 2.39. The summed E-state index contributed by atoms with van der Waals surface area (Å²) >= 11 is 0. The van der Waals surface area contributed by atoms with Gasteiger partial charge in [-0.05, 0) is 55.2 Å². The molecule has 180 valence electrons. The molecular formula is C26H48O3SSi. The van der Waals surface area contributed by atoms with Gasteiger partial charge >= 0.3 is 0 Å². The van der Waals surface area contributed by atoms with E-state index in [2.05, 4.69) is 20.8 Å². The van der Waals surface area contributed by atoms with Gasteiger partial charge in [0.25, 0.3) is 10.1 Å². The van der Waals surface area contributed by atoms with Crippen LogP contribution in [-0.2, 0) is 14.0 Å². The first kappa shape index (κ1) is 28.4. The molecule has 5 heteroatoms. The van der Waals surface area contributed by atoms with E-state index in [0.29, 0.717) is 4.90 Å². The van der Waals surface area contributed by atoms with Crippen LogP contribution in [0.4, 0.5) is 0 Å². The first-order valence-corrected chi connectivity index (χ1v) is 16.8. The molecule has 0 amide bonds. The Bertz CT molecular complexity index is 664. The number of hydrogen-bond donors (Lipinski definition) is 0. The second kappa shape index (κ2) is 15.2. The molecule has 1 aromatic rings. The van der Waals surface area contributed by atoms with Gasteiger partial charge in [-0.2, -0.15) is 8.42 Å². The maximum absolute atomic E-state index is 13.4. The summed E-state index contributed by atoms with van der Waals surface area (Å²) in [6, 6.07) is 8.50. The first-order chi connectivity index (χ1) is 14.8. The van der Waals surface area contributed by atoms with Crippen LogP contribution < -0.4 is 0 Å². The van der Waals surface area contributed by atoms with Gasteiger partial charge in [-0.15, -0.1) is 0 Å². The monoisotopic (exact) mass is 468 g/mol. The molecule has 0 bridgehead atoms. The lowest BCUT2D eigenvalue weighted by Gasteiger charge is -2.31. The molecule has 0 aromatic heterocycles. The summed E-state index contributed by atoms with van der Waals surface area (Å²) in [5.41, 5.74) is 1.95. The fourth-order valence-electron chi connectivity index (χ4n) is 4.48. The molecule has 0 radical (unpaired) electrons. The molecule has 0 heterocycles. The molecule has 0 saturated heterocycles. The maximum Gasteiger partial charge on any atom is 0.287 e. The van der Waals surface area contributed by atoms with E-state index in [0.717, 1.165) is 48.5 Å². The average molecular weight is 469 g/mol. The Hall–Kier alpha value is -0.653. The van der Waals surface area contributed by atoms with Crippen molar-refractivity contribution < 1.29 is 12.3 Å². The lowest BCUT2D eigenvalue weighted by Crippen LogP contribution is -2.40. The van der Waals surface area contributed by atoms with Crippen LogP contribution in [0.25, 0.3) is 0 Å². The first-order valence-electron chi connectivity index (χ1n) is 12.8. The number of aryl methyl sites for hydroxylation is 2. The molecule has 31 heavy (non-hydrogen) atoms. The Labute approximate surface area is 194 Å². The van der Waals surface area contributed by atoms with E-state index in [1.54, 1.807) is 12.1 Å². The molecule has 1 aromatic carbocycles. The zero-order chi connectivity index (χ0) is 23.2. The molecule has 0 saturated carbocycles. The zero-order valence-corrected chi connectivity index (χ0v) is 22.8. The summed E-state index contributed by atoms with van der Waals surface area (Å²) < 4.78 is 33.2. The third-order valence-corrected chi connectivity index (χ3v) is 13.1. The highest BCUT2D eigenvalue weighted by atomic mass is 32.2. The van der Waals surface area contributed by atoms with Gasteiger partial charge in [-0.1, -0.05) is 104 Å². The van der Waals surface area contributed by atoms with E-state index in [1.807, 2.05) is 19.9 Å². The van der Waals surface area contributed by atoms with Crippen molar-refractivity contribution in [2.24, 2.45) is 0 Å². The summed E-state index contributed by atoms with van der Waals surface area (Å²) in [4.78, 5) is 0.345. The smallest absolute Gasteiger partial charge is 0.287 e. The molecule has 0 fully saturated rings. The van der Waals surface area contributed by atoms with Crippen LogP contribution in [0.5, 0.6) is 0 Å². The van der Waals surface area contributed by atoms with E-state index in [1.165, 1.54) is 57.8 Å². The SMILES string of the molecule is CCCCCC[Si](CCCCCC)(CCCCCC)OS(=O)(=O)c1cc(C)cc(C)c1. The van der Waals surface area contributed by atoms with Gasteiger partial charge in [0, 0.05) is 0 Å². The molecule has 0 spiro atoms. The minimum atomic E-state index is -3.73. The molecule has 3 nitrogen and oxygen atoms in total. The lowest BCUT2D eigenvalue weighted by molar-refractivity contribution is 0.462. The van der Waals surface area contributed by atoms with Crippen molar-refractivity contribution in [3.05, 3.63) is 29.3 Å². The largest absolute Gasteiger partial charge is 0.311 e. The average Bonchev–Trinajstić information content (AvgIpc) is 2.71. The summed E-state index contributed by atoms with van der Waals surface area (Å²) in [5.74, 6) is 0. The van der Waals surface area contributed by atoms with Crippen LogP contribution in [0, 0.1) is 13.8 Å². The number of benzene rings is 1. The highest BCUT2D eigenvalue weighted by Crippen LogP contribution is 2.34. The Balaban J connectivity index is 3.12. The van der Waals surface area contributed by atoms with E-state index >= 15 is 0 Å². The zero-order valence-electron chi connectivity index (χ0n) is 21.0. The van der Waals surface area contributed by atoms with Gasteiger partial charge < -0.3 is 3.87 Å². The van der Waals surface area contributed by atoms with Crippen molar-refractivity contribution in [1.29, 1.82) is 0 Å². The van der Waals surface area contributed by atoms with E-state index < -0.39 is 18.4 Å². The van der Waals surface area contributed by atoms with Gasteiger partial charge in [0.05, 0.1) is 4.90 Å². The van der Waals surface area contributed by atoms with Crippen molar-refractivity contribution in [3.8, 4) is 0 Å². The Morgan fingerprint density at radius 3 is 1.39 bits per heavy atom. The summed E-state index contributed by atoms with van der Waals surface area (Å²) in [6.07, 6.45) is 14.1. The van der Waals surface area contributed by atoms with Crippen molar-refractivity contribution >= 4 is 18.4 Å². The summed E-state index contributed by atoms with van der Waals surface area (Å²) in [5, 5.41) is 0. The summed E-state index contributed by atoms with van der Waals surface area (Å²) in [6.45, 7) is 10.6. The Morgan fingerprint density at radius 2 is 1.03 bits per heavy atom. The number of unbranched alkanes of at least 4 members (excludes halogenated alkanes) is 9. The van der Waals surface area contributed by atoms with Gasteiger partial charge in [0.1, 0.15) is 0 Å². The van der Waals surface area contributed by atoms with Crippen LogP contribution in [0.3, 0.4) is 0 Å². The third-order valence-electron chi connectivity index (χ3n) is 6.23. The molecule has 0 aliphatic carbocycles. The minimum Gasteiger partial charge on any atom is -0.311 e. The Kier molecular flexibility index (Phi) is 13.9. The predicted octanol–water partition coefficient (Wildman–Crippen LogP) is 8.70. The third kappa shape index (κ3) is 11.2. The molecular weight excluding hydrogens is 420 g/mol. The molecule has 0 aliphatic rings. The highest BCUT2D eigenvalue weighted by molar-refractivity contribution is 7.87. The lowest BCUT2D eigenvalue weighted by atomic mass is 10.2. The standard InChI is InChI=1S/C26H48O3SSi/c1-6-9-12-15-18-31(19-16-13-10-7-2,20-17-14-11-8-3)29-30(27,28)26-22-24(4)21-25(5)23-26/h21-23H,6-20H2,1-5H3.